The maximum atomic E-state index is 11.0. The molecule has 1 N–H and O–H groups in total. The molecule has 0 radical (unpaired) electrons. The van der Waals surface area contributed by atoms with Crippen LogP contribution in [0.5, 0.6) is 0 Å². The van der Waals surface area contributed by atoms with Crippen LogP contribution in [-0.4, -0.2) is 31.0 Å². The minimum atomic E-state index is -0.0358. The van der Waals surface area contributed by atoms with E-state index in [0.717, 1.165) is 23.1 Å². The fourth-order valence-corrected chi connectivity index (χ4v) is 3.57. The number of carbonyl (C=O) groups excluding carboxylic acids is 1. The zero-order valence-electron chi connectivity index (χ0n) is 18.2. The average Bonchev–Trinajstić information content (AvgIpc) is 2.69. The molecular formula is C25H31ClN2O. The zero-order chi connectivity index (χ0) is 21.8. The first kappa shape index (κ1) is 23.0. The second-order valence-corrected chi connectivity index (χ2v) is 9.06. The van der Waals surface area contributed by atoms with Crippen LogP contribution in [0, 0.1) is 18.3 Å². The molecule has 0 fully saturated rings. The highest BCUT2D eigenvalue weighted by Crippen LogP contribution is 2.28. The summed E-state index contributed by atoms with van der Waals surface area (Å²) in [5, 5.41) is 4.00. The highest BCUT2D eigenvalue weighted by atomic mass is 35.5. The zero-order valence-corrected chi connectivity index (χ0v) is 18.9. The predicted molar refractivity (Wildman–Crippen MR) is 125 cm³/mol. The minimum absolute atomic E-state index is 0.00907. The summed E-state index contributed by atoms with van der Waals surface area (Å²) in [5.74, 6) is 3.18. The van der Waals surface area contributed by atoms with Gasteiger partial charge in [0.1, 0.15) is 0 Å². The van der Waals surface area contributed by atoms with E-state index in [9.17, 15) is 4.79 Å². The number of benzene rings is 2. The Balaban J connectivity index is 2.17. The van der Waals surface area contributed by atoms with Crippen LogP contribution in [0.25, 0.3) is 11.1 Å². The van der Waals surface area contributed by atoms with Gasteiger partial charge in [0, 0.05) is 35.8 Å². The molecule has 3 atom stereocenters. The molecule has 0 aliphatic heterocycles. The Labute approximate surface area is 180 Å². The van der Waals surface area contributed by atoms with E-state index in [0.29, 0.717) is 10.6 Å². The van der Waals surface area contributed by atoms with Gasteiger partial charge in [-0.3, -0.25) is 10.1 Å². The van der Waals surface area contributed by atoms with Crippen LogP contribution in [0.3, 0.4) is 0 Å². The van der Waals surface area contributed by atoms with Crippen molar-refractivity contribution in [3.8, 4) is 23.5 Å². The summed E-state index contributed by atoms with van der Waals surface area (Å²) in [4.78, 5) is 13.2. The highest BCUT2D eigenvalue weighted by Gasteiger charge is 2.27. The Morgan fingerprint density at radius 2 is 1.69 bits per heavy atom. The lowest BCUT2D eigenvalue weighted by Gasteiger charge is -2.37. The van der Waals surface area contributed by atoms with Crippen molar-refractivity contribution < 1.29 is 4.79 Å². The lowest BCUT2D eigenvalue weighted by atomic mass is 9.91. The van der Waals surface area contributed by atoms with E-state index in [2.05, 4.69) is 82.1 Å². The maximum Gasteiger partial charge on any atom is 0.151 e. The molecule has 0 bridgehead atoms. The van der Waals surface area contributed by atoms with E-state index in [1.807, 2.05) is 12.1 Å². The van der Waals surface area contributed by atoms with Crippen molar-refractivity contribution in [2.24, 2.45) is 5.92 Å². The maximum absolute atomic E-state index is 11.0. The number of rotatable bonds is 7. The van der Waals surface area contributed by atoms with Gasteiger partial charge in [-0.2, -0.15) is 0 Å². The second-order valence-electron chi connectivity index (χ2n) is 8.65. The van der Waals surface area contributed by atoms with Crippen molar-refractivity contribution >= 4 is 23.6 Å². The summed E-state index contributed by atoms with van der Waals surface area (Å²) in [7, 11) is 2.09. The third-order valence-corrected chi connectivity index (χ3v) is 5.73. The van der Waals surface area contributed by atoms with Crippen LogP contribution in [0.4, 0.5) is 5.69 Å². The van der Waals surface area contributed by atoms with Crippen molar-refractivity contribution in [2.45, 2.75) is 52.2 Å². The first-order valence-corrected chi connectivity index (χ1v) is 10.3. The van der Waals surface area contributed by atoms with E-state index in [1.165, 1.54) is 0 Å². The number of carbonyl (C=O) groups is 1. The number of aldehydes is 1. The van der Waals surface area contributed by atoms with Crippen LogP contribution in [0.1, 0.15) is 45.0 Å². The van der Waals surface area contributed by atoms with Gasteiger partial charge in [0.2, 0.25) is 0 Å². The largest absolute Gasteiger partial charge is 0.372 e. The highest BCUT2D eigenvalue weighted by molar-refractivity contribution is 6.33. The Morgan fingerprint density at radius 1 is 1.10 bits per heavy atom. The van der Waals surface area contributed by atoms with Gasteiger partial charge in [0.15, 0.2) is 6.29 Å². The van der Waals surface area contributed by atoms with Gasteiger partial charge < -0.3 is 4.90 Å². The van der Waals surface area contributed by atoms with Crippen molar-refractivity contribution in [2.75, 3.05) is 11.9 Å². The lowest BCUT2D eigenvalue weighted by molar-refractivity contribution is 0.112. The monoisotopic (exact) mass is 410 g/mol. The third kappa shape index (κ3) is 5.85. The molecule has 29 heavy (non-hydrogen) atoms. The minimum Gasteiger partial charge on any atom is -0.372 e. The molecule has 0 saturated heterocycles. The first-order valence-electron chi connectivity index (χ1n) is 9.89. The summed E-state index contributed by atoms with van der Waals surface area (Å²) in [5.41, 5.74) is 3.62. The molecule has 0 aliphatic rings. The van der Waals surface area contributed by atoms with E-state index in [-0.39, 0.29) is 23.5 Å². The molecule has 0 heterocycles. The van der Waals surface area contributed by atoms with E-state index in [1.54, 1.807) is 6.07 Å². The number of anilines is 1. The van der Waals surface area contributed by atoms with Gasteiger partial charge in [-0.1, -0.05) is 42.6 Å². The van der Waals surface area contributed by atoms with Crippen LogP contribution in [0.2, 0.25) is 5.02 Å². The molecule has 2 aromatic carbocycles. The van der Waals surface area contributed by atoms with Crippen LogP contribution in [0.15, 0.2) is 42.5 Å². The summed E-state index contributed by atoms with van der Waals surface area (Å²) in [6.45, 7) is 10.8. The van der Waals surface area contributed by atoms with Crippen molar-refractivity contribution in [3.05, 3.63) is 53.1 Å². The molecule has 0 saturated carbocycles. The third-order valence-electron chi connectivity index (χ3n) is 5.40. The average molecular weight is 411 g/mol. The topological polar surface area (TPSA) is 32.3 Å². The van der Waals surface area contributed by atoms with Gasteiger partial charge in [-0.25, -0.2) is 0 Å². The molecule has 3 unspecified atom stereocenters. The molecule has 154 valence electrons. The van der Waals surface area contributed by atoms with E-state index in [4.69, 9.17) is 18.0 Å². The summed E-state index contributed by atoms with van der Waals surface area (Å²) in [6.07, 6.45) is 6.58. The first-order chi connectivity index (χ1) is 13.6. The number of nitrogens with one attached hydrogen (secondary N) is 1. The van der Waals surface area contributed by atoms with Crippen LogP contribution in [-0.2, 0) is 0 Å². The Kier molecular flexibility index (Phi) is 7.52. The van der Waals surface area contributed by atoms with Gasteiger partial charge in [0.05, 0.1) is 11.1 Å². The molecule has 2 rings (SSSR count). The lowest BCUT2D eigenvalue weighted by Crippen LogP contribution is -2.51. The van der Waals surface area contributed by atoms with Crippen molar-refractivity contribution in [1.82, 2.24) is 5.32 Å². The van der Waals surface area contributed by atoms with Gasteiger partial charge >= 0.3 is 0 Å². The number of hydrogen-bond donors (Lipinski definition) is 1. The SMILES string of the molecule is C#CC(NC(C)(C)C)C(C)C(C)N(C)c1ccc(-c2ccc(C=O)c(Cl)c2)cc1. The number of halogens is 1. The second kappa shape index (κ2) is 9.48. The summed E-state index contributed by atoms with van der Waals surface area (Å²) in [6, 6.07) is 14.1. The van der Waals surface area contributed by atoms with Crippen molar-refractivity contribution in [1.29, 1.82) is 0 Å². The molecule has 0 aliphatic carbocycles. The summed E-state index contributed by atoms with van der Waals surface area (Å²) >= 11 is 6.17. The Bertz CT molecular complexity index is 877. The summed E-state index contributed by atoms with van der Waals surface area (Å²) < 4.78 is 0. The fourth-order valence-electron chi connectivity index (χ4n) is 3.35. The smallest absolute Gasteiger partial charge is 0.151 e. The normalized spacial score (nSPS) is 14.6. The molecule has 2 aromatic rings. The molecular weight excluding hydrogens is 380 g/mol. The molecule has 0 spiro atoms. The standard InChI is InChI=1S/C25H31ClN2O/c1-8-24(27-25(4,5)6)17(2)18(3)28(7)22-13-11-19(12-14-22)20-9-10-21(16-29)23(26)15-20/h1,9-18,24,27H,2-7H3. The quantitative estimate of drug-likeness (QED) is 0.471. The van der Waals surface area contributed by atoms with E-state index >= 15 is 0 Å². The van der Waals surface area contributed by atoms with Crippen LogP contribution < -0.4 is 10.2 Å². The molecule has 3 nitrogen and oxygen atoms in total. The molecule has 0 aromatic heterocycles. The molecule has 4 heteroatoms. The Morgan fingerprint density at radius 3 is 2.17 bits per heavy atom. The Hall–Kier alpha value is -2.28. The van der Waals surface area contributed by atoms with Crippen LogP contribution >= 0.6 is 11.6 Å². The van der Waals surface area contributed by atoms with Gasteiger partial charge in [-0.05, 0) is 63.1 Å². The van der Waals surface area contributed by atoms with Gasteiger partial charge in [0.25, 0.3) is 0 Å². The number of hydrogen-bond acceptors (Lipinski definition) is 3. The van der Waals surface area contributed by atoms with Gasteiger partial charge in [-0.15, -0.1) is 6.42 Å². The predicted octanol–water partition coefficient (Wildman–Crippen LogP) is 5.67. The number of nitrogens with zero attached hydrogens (tertiary/aromatic N) is 1. The molecule has 0 amide bonds. The van der Waals surface area contributed by atoms with E-state index < -0.39 is 0 Å². The number of terminal acetylenes is 1. The fraction of sp³-hybridized carbons (Fsp3) is 0.400. The van der Waals surface area contributed by atoms with Crippen molar-refractivity contribution in [3.63, 3.8) is 0 Å².